The molecule has 1 aliphatic carbocycles. The van der Waals surface area contributed by atoms with E-state index in [9.17, 15) is 18.3 Å². The van der Waals surface area contributed by atoms with Gasteiger partial charge in [0.1, 0.15) is 17.0 Å². The van der Waals surface area contributed by atoms with E-state index in [2.05, 4.69) is 25.6 Å². The van der Waals surface area contributed by atoms with Crippen LogP contribution >= 0.6 is 0 Å². The molecule has 3 heterocycles. The van der Waals surface area contributed by atoms with Gasteiger partial charge < -0.3 is 20.5 Å². The summed E-state index contributed by atoms with van der Waals surface area (Å²) in [5.41, 5.74) is -0.570. The highest BCUT2D eigenvalue weighted by Crippen LogP contribution is 2.32. The van der Waals surface area contributed by atoms with Crippen LogP contribution in [-0.4, -0.2) is 49.9 Å². The molecule has 170 valence electrons. The number of hydrogen-bond acceptors (Lipinski definition) is 7. The number of halogens is 3. The molecule has 5 rings (SSSR count). The highest BCUT2D eigenvalue weighted by atomic mass is 19.1. The molecule has 2 aromatic heterocycles. The molecular weight excluding hydrogens is 425 g/mol. The first-order valence-corrected chi connectivity index (χ1v) is 9.62. The quantitative estimate of drug-likeness (QED) is 0.539. The molecule has 0 spiro atoms. The van der Waals surface area contributed by atoms with Crippen molar-refractivity contribution in [1.82, 2.24) is 19.5 Å². The normalized spacial score (nSPS) is 39.6. The van der Waals surface area contributed by atoms with Gasteiger partial charge in [-0.05, 0) is 32.0 Å². The third-order valence-electron chi connectivity index (χ3n) is 4.93. The summed E-state index contributed by atoms with van der Waals surface area (Å²) in [5, 5.41) is 15.0. The number of aromatic nitrogens is 4. The minimum atomic E-state index is -3.47. The predicted octanol–water partition coefficient (Wildman–Crippen LogP) is 3.66. The minimum Gasteiger partial charge on any atom is -0.393 e. The largest absolute Gasteiger partial charge is 0.393 e. The molecule has 8 nitrogen and oxygen atoms in total. The number of ether oxygens (including phenoxy) is 1. The number of benzene rings is 1. The van der Waals surface area contributed by atoms with E-state index in [0.29, 0.717) is 25.2 Å². The zero-order valence-electron chi connectivity index (χ0n) is 24.4. The number of aliphatic hydroxyl groups is 1. The van der Waals surface area contributed by atoms with Gasteiger partial charge in [-0.2, -0.15) is 4.98 Å². The summed E-state index contributed by atoms with van der Waals surface area (Å²) in [6, 6.07) is -2.44. The van der Waals surface area contributed by atoms with E-state index in [1.165, 1.54) is 4.57 Å². The van der Waals surface area contributed by atoms with Crippen molar-refractivity contribution in [2.45, 2.75) is 50.1 Å². The van der Waals surface area contributed by atoms with Crippen molar-refractivity contribution in [2.75, 3.05) is 23.8 Å². The summed E-state index contributed by atoms with van der Waals surface area (Å²) >= 11 is 0. The lowest BCUT2D eigenvalue weighted by Crippen LogP contribution is -2.29. The summed E-state index contributed by atoms with van der Waals surface area (Å²) in [5.74, 6) is -4.17. The minimum absolute atomic E-state index is 0.0300. The van der Waals surface area contributed by atoms with Crippen molar-refractivity contribution in [3.63, 3.8) is 0 Å². The first-order valence-electron chi connectivity index (χ1n) is 13.8. The Labute approximate surface area is 193 Å². The maximum atomic E-state index is 14.4. The summed E-state index contributed by atoms with van der Waals surface area (Å²) in [4.78, 5) is 12.5. The fourth-order valence-electron chi connectivity index (χ4n) is 3.45. The Morgan fingerprint density at radius 1 is 1.19 bits per heavy atom. The molecule has 11 heteroatoms. The molecule has 3 aromatic rings. The Balaban J connectivity index is 1.59. The number of hydrogen-bond donors (Lipinski definition) is 3. The first-order chi connectivity index (χ1) is 18.5. The van der Waals surface area contributed by atoms with Gasteiger partial charge in [0, 0.05) is 33.0 Å². The number of nitrogens with one attached hydrogen (secondary N) is 2. The molecule has 0 bridgehead atoms. The second-order valence-electron chi connectivity index (χ2n) is 7.10. The Morgan fingerprint density at radius 2 is 2.00 bits per heavy atom. The second kappa shape index (κ2) is 8.55. The fraction of sp³-hybridized carbons (Fsp3) is 0.476. The molecule has 0 amide bonds. The van der Waals surface area contributed by atoms with Crippen molar-refractivity contribution < 1.29 is 34.0 Å². The number of rotatable bonds is 5. The van der Waals surface area contributed by atoms with Crippen LogP contribution in [0.5, 0.6) is 0 Å². The summed E-state index contributed by atoms with van der Waals surface area (Å²) in [6.45, 7) is 0.496. The van der Waals surface area contributed by atoms with Crippen LogP contribution in [0.25, 0.3) is 11.2 Å². The highest BCUT2D eigenvalue weighted by Gasteiger charge is 2.27. The van der Waals surface area contributed by atoms with Crippen LogP contribution in [0.4, 0.5) is 30.8 Å². The van der Waals surface area contributed by atoms with Crippen LogP contribution in [0.15, 0.2) is 18.3 Å². The van der Waals surface area contributed by atoms with E-state index in [1.807, 2.05) is 0 Å². The van der Waals surface area contributed by atoms with Gasteiger partial charge in [0.05, 0.1) is 27.7 Å². The fourth-order valence-corrected chi connectivity index (χ4v) is 3.45. The molecule has 3 N–H and O–H groups in total. The van der Waals surface area contributed by atoms with Crippen molar-refractivity contribution in [1.29, 1.82) is 0 Å². The molecule has 32 heavy (non-hydrogen) atoms. The van der Waals surface area contributed by atoms with Gasteiger partial charge >= 0.3 is 0 Å². The van der Waals surface area contributed by atoms with Gasteiger partial charge in [0.2, 0.25) is 11.9 Å². The van der Waals surface area contributed by atoms with Crippen molar-refractivity contribution in [3.8, 4) is 0 Å². The van der Waals surface area contributed by atoms with Crippen molar-refractivity contribution >= 4 is 28.7 Å². The van der Waals surface area contributed by atoms with Crippen LogP contribution < -0.4 is 10.6 Å². The van der Waals surface area contributed by atoms with E-state index in [4.69, 9.17) is 15.7 Å². The number of imidazole rings is 1. The van der Waals surface area contributed by atoms with Crippen LogP contribution in [0, 0.1) is 17.5 Å². The van der Waals surface area contributed by atoms with E-state index in [-0.39, 0.29) is 23.7 Å². The summed E-state index contributed by atoms with van der Waals surface area (Å²) < 4.78 is 115. The van der Waals surface area contributed by atoms with Gasteiger partial charge in [0.15, 0.2) is 17.3 Å². The van der Waals surface area contributed by atoms with E-state index >= 15 is 0 Å². The molecule has 5 unspecified atom stereocenters. The van der Waals surface area contributed by atoms with Crippen LogP contribution in [0.3, 0.4) is 0 Å². The smallest absolute Gasteiger partial charge is 0.224 e. The zero-order chi connectivity index (χ0) is 29.4. The lowest BCUT2D eigenvalue weighted by atomic mass is 9.93. The number of fused-ring (bicyclic) bond motifs is 1. The van der Waals surface area contributed by atoms with Gasteiger partial charge in [-0.3, -0.25) is 4.57 Å². The lowest BCUT2D eigenvalue weighted by Gasteiger charge is -2.26. The van der Waals surface area contributed by atoms with E-state index in [0.717, 1.165) is 6.20 Å². The lowest BCUT2D eigenvalue weighted by molar-refractivity contribution is 0.126. The molecule has 2 fully saturated rings. The van der Waals surface area contributed by atoms with Gasteiger partial charge in [-0.1, -0.05) is 0 Å². The summed E-state index contributed by atoms with van der Waals surface area (Å²) in [7, 11) is 0. The van der Waals surface area contributed by atoms with Crippen LogP contribution in [-0.2, 0) is 4.74 Å². The maximum absolute atomic E-state index is 14.4. The molecule has 5 atom stereocenters. The zero-order valence-corrected chi connectivity index (χ0v) is 16.4. The Bertz CT molecular complexity index is 1450. The van der Waals surface area contributed by atoms with Gasteiger partial charge in [-0.25, -0.2) is 23.1 Å². The van der Waals surface area contributed by atoms with Crippen LogP contribution in [0.1, 0.15) is 49.0 Å². The molecule has 1 saturated heterocycles. The van der Waals surface area contributed by atoms with Gasteiger partial charge in [0.25, 0.3) is 0 Å². The van der Waals surface area contributed by atoms with Crippen molar-refractivity contribution in [2.24, 2.45) is 0 Å². The number of nitrogens with zero attached hydrogens (tertiary/aromatic N) is 4. The maximum Gasteiger partial charge on any atom is 0.224 e. The van der Waals surface area contributed by atoms with Crippen molar-refractivity contribution in [3.05, 3.63) is 35.8 Å². The SMILES string of the molecule is [2H]C1C([2H])C([2H])(Nc2ncc3nc(Nc4c(F)cc(F)cc4F)n(C4CCOC4)c3n2)C([2H])([2H])C([2H])([2H])C1([2H])O. The average Bonchev–Trinajstić information content (AvgIpc) is 3.51. The topological polar surface area (TPSA) is 97.1 Å². The highest BCUT2D eigenvalue weighted by molar-refractivity contribution is 5.76. The number of anilines is 3. The standard InChI is InChI=1S/C21H23F3N6O2/c22-11-7-15(23)18(16(24)8-11)28-21-27-17-9-25-20(26-12-1-3-14(31)4-2-12)29-19(17)30(21)13-5-6-32-10-13/h7-9,12-14,31H,1-6,10H2,(H,27,28)(H,25,26,29)/i1D,2D2,3D,4D2,12D,14D. The molecular formula is C21H23F3N6O2. The second-order valence-corrected chi connectivity index (χ2v) is 7.10. The average molecular weight is 456 g/mol. The van der Waals surface area contributed by atoms with Gasteiger partial charge in [-0.15, -0.1) is 0 Å². The molecule has 2 aliphatic rings. The van der Waals surface area contributed by atoms with E-state index in [1.54, 1.807) is 0 Å². The molecule has 1 aliphatic heterocycles. The molecule has 1 saturated carbocycles. The first kappa shape index (κ1) is 13.6. The summed E-state index contributed by atoms with van der Waals surface area (Å²) in [6.07, 6.45) is -13.1. The Hall–Kier alpha value is -2.92. The molecule has 1 aromatic carbocycles. The Kier molecular flexibility index (Phi) is 3.63. The van der Waals surface area contributed by atoms with E-state index < -0.39 is 72.8 Å². The predicted molar refractivity (Wildman–Crippen MR) is 111 cm³/mol. The Morgan fingerprint density at radius 3 is 2.75 bits per heavy atom. The third kappa shape index (κ3) is 4.09. The third-order valence-corrected chi connectivity index (χ3v) is 4.93. The van der Waals surface area contributed by atoms with Crippen LogP contribution in [0.2, 0.25) is 0 Å². The molecule has 0 radical (unpaired) electrons. The monoisotopic (exact) mass is 456 g/mol.